The van der Waals surface area contributed by atoms with Crippen LogP contribution in [-0.2, 0) is 14.3 Å². The summed E-state index contributed by atoms with van der Waals surface area (Å²) in [7, 11) is 1.46. The van der Waals surface area contributed by atoms with Crippen LogP contribution in [0.25, 0.3) is 0 Å². The van der Waals surface area contributed by atoms with Crippen LogP contribution in [0.4, 0.5) is 0 Å². The number of rotatable bonds is 13. The maximum atomic E-state index is 14.4. The van der Waals surface area contributed by atoms with Gasteiger partial charge >= 0.3 is 5.97 Å². The zero-order valence-corrected chi connectivity index (χ0v) is 31.6. The Morgan fingerprint density at radius 2 is 1.47 bits per heavy atom. The molecule has 5 aliphatic rings. The fraction of sp³-hybridized carbons (Fsp3) is 0.905. The Bertz CT molecular complexity index is 1150. The lowest BCUT2D eigenvalue weighted by molar-refractivity contribution is -0.225. The average molecular weight is 654 g/mol. The second-order valence-electron chi connectivity index (χ2n) is 18.7. The molecule has 5 rings (SSSR count). The molecule has 0 bridgehead atoms. The Morgan fingerprint density at radius 1 is 0.809 bits per heavy atom. The number of nitrogens with one attached hydrogen (secondary N) is 1. The van der Waals surface area contributed by atoms with Gasteiger partial charge in [-0.05, 0) is 121 Å². The molecule has 0 saturated heterocycles. The standard InChI is InChI=1S/C42H71NO4/c1-29(2)30-20-25-42(37(46)43-28-16-14-12-10-9-11-13-15-17-35(45)47-8)27-26-40(6)31(36(30)42)18-19-33-39(5)23-22-34(44)38(3,4)32(39)21-24-41(33,40)7/h22-23,29-34,36,44H,9-21,24-28H2,1-8H3,(H,43,46)/t30-,31?,32?,33+,34?,36?,39-,40+,41+,42-/m0/s1. The van der Waals surface area contributed by atoms with Gasteiger partial charge in [0, 0.05) is 13.0 Å². The number of methoxy groups -OCH3 is 1. The van der Waals surface area contributed by atoms with Crippen LogP contribution in [0.1, 0.15) is 158 Å². The van der Waals surface area contributed by atoms with E-state index in [0.29, 0.717) is 47.8 Å². The summed E-state index contributed by atoms with van der Waals surface area (Å²) in [5.74, 6) is 3.76. The Morgan fingerprint density at radius 3 is 2.13 bits per heavy atom. The van der Waals surface area contributed by atoms with Gasteiger partial charge in [-0.15, -0.1) is 0 Å². The first-order valence-corrected chi connectivity index (χ1v) is 19.9. The van der Waals surface area contributed by atoms with Crippen LogP contribution in [0.3, 0.4) is 0 Å². The number of amides is 1. The number of carbonyl (C=O) groups excluding carboxylic acids is 2. The van der Waals surface area contributed by atoms with E-state index in [0.717, 1.165) is 38.6 Å². The van der Waals surface area contributed by atoms with Crippen molar-refractivity contribution in [3.8, 4) is 0 Å². The molecule has 268 valence electrons. The molecule has 5 aliphatic carbocycles. The summed E-state index contributed by atoms with van der Waals surface area (Å²) in [6.07, 6.45) is 23.4. The lowest BCUT2D eigenvalue weighted by Crippen LogP contribution is -2.66. The van der Waals surface area contributed by atoms with Crippen LogP contribution in [0.2, 0.25) is 0 Å². The Labute approximate surface area is 288 Å². The minimum absolute atomic E-state index is 0.0939. The minimum atomic E-state index is -0.355. The average Bonchev–Trinajstić information content (AvgIpc) is 3.43. The van der Waals surface area contributed by atoms with Crippen LogP contribution in [0.15, 0.2) is 12.2 Å². The van der Waals surface area contributed by atoms with Crippen molar-refractivity contribution < 1.29 is 19.4 Å². The van der Waals surface area contributed by atoms with Crippen molar-refractivity contribution in [3.05, 3.63) is 12.2 Å². The molecule has 4 saturated carbocycles. The number of ether oxygens (including phenoxy) is 1. The molecule has 1 amide bonds. The maximum Gasteiger partial charge on any atom is 0.305 e. The molecule has 0 heterocycles. The third-order valence-corrected chi connectivity index (χ3v) is 16.1. The first kappa shape index (κ1) is 36.9. The number of unbranched alkanes of at least 4 members (excludes halogenated alkanes) is 7. The van der Waals surface area contributed by atoms with Gasteiger partial charge in [-0.25, -0.2) is 0 Å². The molecule has 0 aromatic rings. The molecule has 0 aromatic heterocycles. The van der Waals surface area contributed by atoms with Crippen molar-refractivity contribution >= 4 is 11.9 Å². The van der Waals surface area contributed by atoms with Gasteiger partial charge in [0.1, 0.15) is 0 Å². The second kappa shape index (κ2) is 14.1. The van der Waals surface area contributed by atoms with E-state index in [9.17, 15) is 14.7 Å². The summed E-state index contributed by atoms with van der Waals surface area (Å²) in [4.78, 5) is 25.6. The number of allylic oxidation sites excluding steroid dienone is 1. The summed E-state index contributed by atoms with van der Waals surface area (Å²) >= 11 is 0. The van der Waals surface area contributed by atoms with E-state index in [2.05, 4.69) is 65.9 Å². The van der Waals surface area contributed by atoms with Crippen LogP contribution >= 0.6 is 0 Å². The number of esters is 1. The van der Waals surface area contributed by atoms with E-state index < -0.39 is 0 Å². The van der Waals surface area contributed by atoms with Gasteiger partial charge in [0.2, 0.25) is 5.91 Å². The van der Waals surface area contributed by atoms with E-state index in [4.69, 9.17) is 4.74 Å². The van der Waals surface area contributed by atoms with Crippen molar-refractivity contribution in [2.45, 2.75) is 164 Å². The Balaban J connectivity index is 1.22. The number of aliphatic hydroxyl groups excluding tert-OH is 1. The highest BCUT2D eigenvalue weighted by Crippen LogP contribution is 2.77. The highest BCUT2D eigenvalue weighted by Gasteiger charge is 2.71. The minimum Gasteiger partial charge on any atom is -0.469 e. The monoisotopic (exact) mass is 654 g/mol. The second-order valence-corrected chi connectivity index (χ2v) is 18.7. The lowest BCUT2D eigenvalue weighted by Gasteiger charge is -2.72. The summed E-state index contributed by atoms with van der Waals surface area (Å²) in [6.45, 7) is 18.1. The molecule has 2 N–H and O–H groups in total. The van der Waals surface area contributed by atoms with Gasteiger partial charge in [-0.3, -0.25) is 9.59 Å². The molecular weight excluding hydrogens is 582 g/mol. The topological polar surface area (TPSA) is 75.6 Å². The summed E-state index contributed by atoms with van der Waals surface area (Å²) < 4.78 is 4.73. The summed E-state index contributed by atoms with van der Waals surface area (Å²) in [6, 6.07) is 0. The largest absolute Gasteiger partial charge is 0.469 e. The quantitative estimate of drug-likeness (QED) is 0.118. The molecule has 4 fully saturated rings. The van der Waals surface area contributed by atoms with Gasteiger partial charge in [0.15, 0.2) is 0 Å². The zero-order valence-electron chi connectivity index (χ0n) is 31.6. The predicted octanol–water partition coefficient (Wildman–Crippen LogP) is 9.66. The zero-order chi connectivity index (χ0) is 34.3. The summed E-state index contributed by atoms with van der Waals surface area (Å²) in [5.41, 5.74) is 0.322. The number of hydrogen-bond donors (Lipinski definition) is 2. The molecule has 0 radical (unpaired) electrons. The first-order valence-electron chi connectivity index (χ1n) is 19.9. The van der Waals surface area contributed by atoms with E-state index in [1.165, 1.54) is 77.7 Å². The Hall–Kier alpha value is -1.36. The number of hydrogen-bond acceptors (Lipinski definition) is 4. The molecule has 4 unspecified atom stereocenters. The highest BCUT2D eigenvalue weighted by atomic mass is 16.5. The van der Waals surface area contributed by atoms with Crippen molar-refractivity contribution in [1.82, 2.24) is 5.32 Å². The van der Waals surface area contributed by atoms with Gasteiger partial charge in [-0.2, -0.15) is 0 Å². The molecule has 10 atom stereocenters. The molecule has 0 aromatic carbocycles. The molecular formula is C42H71NO4. The Kier molecular flexibility index (Phi) is 11.1. The van der Waals surface area contributed by atoms with Gasteiger partial charge in [0.05, 0.1) is 18.6 Å². The summed E-state index contributed by atoms with van der Waals surface area (Å²) in [5, 5.41) is 14.5. The van der Waals surface area contributed by atoms with E-state index in [1.54, 1.807) is 0 Å². The third kappa shape index (κ3) is 6.28. The van der Waals surface area contributed by atoms with Crippen molar-refractivity contribution in [1.29, 1.82) is 0 Å². The number of carbonyl (C=O) groups is 2. The SMILES string of the molecule is COC(=O)CCCCCCCCCCNC(=O)[C@]12CC[C@@H](C(C)C)C1C1CC[C@@H]3[C@@]4(C)C=CC(O)C(C)(C)C4CC[C@@]3(C)[C@]1(C)CC2. The van der Waals surface area contributed by atoms with Gasteiger partial charge in [0.25, 0.3) is 0 Å². The molecule has 5 nitrogen and oxygen atoms in total. The van der Waals surface area contributed by atoms with E-state index >= 15 is 0 Å². The molecule has 47 heavy (non-hydrogen) atoms. The fourth-order valence-corrected chi connectivity index (χ4v) is 13.2. The fourth-order valence-electron chi connectivity index (χ4n) is 13.2. The maximum absolute atomic E-state index is 14.4. The van der Waals surface area contributed by atoms with Gasteiger partial charge < -0.3 is 15.2 Å². The van der Waals surface area contributed by atoms with Crippen LogP contribution < -0.4 is 5.32 Å². The van der Waals surface area contributed by atoms with Gasteiger partial charge in [-0.1, -0.05) is 99.1 Å². The highest BCUT2D eigenvalue weighted by molar-refractivity contribution is 5.83. The number of aliphatic hydroxyl groups is 1. The third-order valence-electron chi connectivity index (χ3n) is 16.1. The van der Waals surface area contributed by atoms with Crippen molar-refractivity contribution in [2.24, 2.45) is 62.6 Å². The van der Waals surface area contributed by atoms with Crippen molar-refractivity contribution in [3.63, 3.8) is 0 Å². The molecule has 0 spiro atoms. The predicted molar refractivity (Wildman–Crippen MR) is 191 cm³/mol. The lowest BCUT2D eigenvalue weighted by atomic mass is 9.33. The smallest absolute Gasteiger partial charge is 0.305 e. The molecule has 5 heteroatoms. The van der Waals surface area contributed by atoms with Crippen molar-refractivity contribution in [2.75, 3.05) is 13.7 Å². The van der Waals surface area contributed by atoms with Crippen LogP contribution in [0.5, 0.6) is 0 Å². The molecule has 0 aliphatic heterocycles. The number of fused-ring (bicyclic) bond motifs is 7. The van der Waals surface area contributed by atoms with E-state index in [1.807, 2.05) is 0 Å². The first-order chi connectivity index (χ1) is 22.2. The van der Waals surface area contributed by atoms with E-state index in [-0.39, 0.29) is 39.1 Å². The van der Waals surface area contributed by atoms with Crippen LogP contribution in [0, 0.1) is 62.6 Å². The van der Waals surface area contributed by atoms with Crippen LogP contribution in [-0.4, -0.2) is 36.7 Å². The normalized spacial score (nSPS) is 41.8.